The third-order valence-electron chi connectivity index (χ3n) is 1.41. The molecule has 8 heteroatoms. The second-order valence-corrected chi connectivity index (χ2v) is 4.47. The highest BCUT2D eigenvalue weighted by Gasteiger charge is 2.11. The molecule has 0 saturated carbocycles. The summed E-state index contributed by atoms with van der Waals surface area (Å²) in [5.74, 6) is -0.523. The summed E-state index contributed by atoms with van der Waals surface area (Å²) in [7, 11) is 0. The van der Waals surface area contributed by atoms with Gasteiger partial charge in [-0.3, -0.25) is 10.1 Å². The molecule has 0 aliphatic rings. The highest BCUT2D eigenvalue weighted by Crippen LogP contribution is 2.14. The lowest BCUT2D eigenvalue weighted by molar-refractivity contribution is -0.112. The number of halogens is 2. The minimum Gasteiger partial charge on any atom is -0.374 e. The van der Waals surface area contributed by atoms with E-state index in [4.69, 9.17) is 28.9 Å². The van der Waals surface area contributed by atoms with Gasteiger partial charge < -0.3 is 5.73 Å². The van der Waals surface area contributed by atoms with Gasteiger partial charge in [-0.05, 0) is 17.7 Å². The number of carbonyl (C=O) groups excluding carboxylic acids is 1. The number of amidine groups is 1. The minimum atomic E-state index is -0.523. The van der Waals surface area contributed by atoms with E-state index in [-0.39, 0.29) is 16.0 Å². The van der Waals surface area contributed by atoms with Gasteiger partial charge in [0.25, 0.3) is 5.91 Å². The number of nitrogens with zero attached hydrogens (tertiary/aromatic N) is 2. The molecule has 90 valence electrons. The van der Waals surface area contributed by atoms with Crippen LogP contribution in [-0.4, -0.2) is 16.2 Å². The summed E-state index contributed by atoms with van der Waals surface area (Å²) in [6.07, 6.45) is 2.81. The van der Waals surface area contributed by atoms with E-state index in [1.807, 2.05) is 0 Å². The summed E-state index contributed by atoms with van der Waals surface area (Å²) in [5, 5.41) is 4.53. The maximum absolute atomic E-state index is 11.7. The standard InChI is InChI=1S/C9H8Cl2N4OS/c1-5(10)4-6(14-8(11)12)7(16)15-9-13-2-3-17-9/h2-4H,1H2,(H2,12,14)(H,13,15,16)/b6-4-. The summed E-state index contributed by atoms with van der Waals surface area (Å²) in [4.78, 5) is 19.3. The summed E-state index contributed by atoms with van der Waals surface area (Å²) < 4.78 is 0. The molecule has 0 aliphatic heterocycles. The number of hydrogen-bond acceptors (Lipinski definition) is 4. The van der Waals surface area contributed by atoms with Crippen LogP contribution in [0.25, 0.3) is 0 Å². The molecule has 0 radical (unpaired) electrons. The fourth-order valence-electron chi connectivity index (χ4n) is 0.858. The first-order valence-electron chi connectivity index (χ1n) is 4.25. The van der Waals surface area contributed by atoms with Crippen molar-refractivity contribution in [3.8, 4) is 0 Å². The van der Waals surface area contributed by atoms with Gasteiger partial charge in [0, 0.05) is 16.6 Å². The fourth-order valence-corrected chi connectivity index (χ4v) is 1.58. The molecule has 0 atom stereocenters. The molecule has 5 nitrogen and oxygen atoms in total. The Hall–Kier alpha value is -1.37. The van der Waals surface area contributed by atoms with Crippen LogP contribution < -0.4 is 11.1 Å². The van der Waals surface area contributed by atoms with Gasteiger partial charge in [-0.15, -0.1) is 11.3 Å². The van der Waals surface area contributed by atoms with Crippen LogP contribution in [0.2, 0.25) is 0 Å². The molecule has 0 aromatic carbocycles. The molecule has 0 saturated heterocycles. The van der Waals surface area contributed by atoms with Crippen LogP contribution in [0.1, 0.15) is 0 Å². The maximum atomic E-state index is 11.7. The molecule has 1 aromatic heterocycles. The largest absolute Gasteiger partial charge is 0.374 e. The Morgan fingerprint density at radius 2 is 2.35 bits per heavy atom. The Bertz CT molecular complexity index is 477. The van der Waals surface area contributed by atoms with Crippen molar-refractivity contribution >= 4 is 50.9 Å². The van der Waals surface area contributed by atoms with Crippen LogP contribution in [-0.2, 0) is 4.79 Å². The zero-order chi connectivity index (χ0) is 12.8. The number of anilines is 1. The van der Waals surface area contributed by atoms with Crippen molar-refractivity contribution in [1.29, 1.82) is 0 Å². The highest BCUT2D eigenvalue weighted by molar-refractivity contribution is 7.13. The molecule has 3 N–H and O–H groups in total. The first-order valence-corrected chi connectivity index (χ1v) is 5.89. The zero-order valence-electron chi connectivity index (χ0n) is 8.48. The van der Waals surface area contributed by atoms with Gasteiger partial charge in [-0.1, -0.05) is 18.2 Å². The number of nitrogens with two attached hydrogens (primary N) is 1. The predicted molar refractivity (Wildman–Crippen MR) is 71.3 cm³/mol. The Kier molecular flexibility index (Phi) is 5.14. The summed E-state index contributed by atoms with van der Waals surface area (Å²) in [6.45, 7) is 3.42. The molecule has 0 fully saturated rings. The third-order valence-corrected chi connectivity index (χ3v) is 2.29. The van der Waals surface area contributed by atoms with E-state index < -0.39 is 5.91 Å². The number of thiazole rings is 1. The van der Waals surface area contributed by atoms with Crippen molar-refractivity contribution in [3.63, 3.8) is 0 Å². The number of carbonyl (C=O) groups is 1. The van der Waals surface area contributed by atoms with Crippen molar-refractivity contribution in [2.75, 3.05) is 5.32 Å². The predicted octanol–water partition coefficient (Wildman–Crippen LogP) is 2.27. The Labute approximate surface area is 112 Å². The number of rotatable bonds is 4. The van der Waals surface area contributed by atoms with Crippen molar-refractivity contribution in [2.45, 2.75) is 0 Å². The number of nitrogens with one attached hydrogen (secondary N) is 1. The minimum absolute atomic E-state index is 0.0484. The number of aliphatic imine (C=N–C) groups is 1. The SMILES string of the molecule is C=C(Cl)/C=C(\N=C(N)Cl)C(=O)Nc1nccs1. The Morgan fingerprint density at radius 3 is 2.82 bits per heavy atom. The molecule has 1 heterocycles. The van der Waals surface area contributed by atoms with E-state index in [9.17, 15) is 4.79 Å². The van der Waals surface area contributed by atoms with Crippen LogP contribution in [0.15, 0.2) is 40.0 Å². The molecule has 1 amide bonds. The zero-order valence-corrected chi connectivity index (χ0v) is 10.8. The number of allylic oxidation sites excluding steroid dienone is 2. The Morgan fingerprint density at radius 1 is 1.65 bits per heavy atom. The average molecular weight is 291 g/mol. The van der Waals surface area contributed by atoms with Gasteiger partial charge in [0.2, 0.25) is 0 Å². The summed E-state index contributed by atoms with van der Waals surface area (Å²) in [6, 6.07) is 0. The van der Waals surface area contributed by atoms with Crippen LogP contribution in [0.5, 0.6) is 0 Å². The average Bonchev–Trinajstić information content (AvgIpc) is 2.67. The summed E-state index contributed by atoms with van der Waals surface area (Å²) >= 11 is 12.2. The molecule has 1 aromatic rings. The van der Waals surface area contributed by atoms with Gasteiger partial charge >= 0.3 is 0 Å². The lowest BCUT2D eigenvalue weighted by Crippen LogP contribution is -2.15. The van der Waals surface area contributed by atoms with Gasteiger partial charge in [-0.2, -0.15) is 0 Å². The van der Waals surface area contributed by atoms with Crippen LogP contribution in [0.3, 0.4) is 0 Å². The maximum Gasteiger partial charge on any atom is 0.276 e. The first-order chi connectivity index (χ1) is 7.99. The lowest BCUT2D eigenvalue weighted by Gasteiger charge is -2.02. The number of hydrogen-bond donors (Lipinski definition) is 2. The highest BCUT2D eigenvalue weighted by atomic mass is 35.5. The molecular formula is C9H8Cl2N4OS. The molecule has 1 rings (SSSR count). The topological polar surface area (TPSA) is 80.4 Å². The van der Waals surface area contributed by atoms with Crippen LogP contribution in [0.4, 0.5) is 5.13 Å². The van der Waals surface area contributed by atoms with E-state index in [1.165, 1.54) is 17.4 Å². The lowest BCUT2D eigenvalue weighted by atomic mass is 10.3. The molecular weight excluding hydrogens is 283 g/mol. The van der Waals surface area contributed by atoms with E-state index >= 15 is 0 Å². The van der Waals surface area contributed by atoms with Gasteiger partial charge in [0.1, 0.15) is 5.70 Å². The molecule has 0 aliphatic carbocycles. The second-order valence-electron chi connectivity index (χ2n) is 2.70. The molecule has 0 unspecified atom stereocenters. The quantitative estimate of drug-likeness (QED) is 0.293. The number of aromatic nitrogens is 1. The first kappa shape index (κ1) is 13.7. The van der Waals surface area contributed by atoms with Gasteiger partial charge in [0.05, 0.1) is 0 Å². The van der Waals surface area contributed by atoms with Crippen molar-refractivity contribution in [2.24, 2.45) is 10.7 Å². The summed E-state index contributed by atoms with van der Waals surface area (Å²) in [5.41, 5.74) is 5.14. The molecule has 0 spiro atoms. The second kappa shape index (κ2) is 6.39. The van der Waals surface area contributed by atoms with Crippen LogP contribution >= 0.6 is 34.5 Å². The van der Waals surface area contributed by atoms with Crippen molar-refractivity contribution in [3.05, 3.63) is 35.0 Å². The monoisotopic (exact) mass is 290 g/mol. The van der Waals surface area contributed by atoms with Crippen LogP contribution in [0, 0.1) is 0 Å². The normalized spacial score (nSPS) is 12.4. The van der Waals surface area contributed by atoms with E-state index in [1.54, 1.807) is 11.6 Å². The van der Waals surface area contributed by atoms with Gasteiger partial charge in [0.15, 0.2) is 10.4 Å². The van der Waals surface area contributed by atoms with E-state index in [2.05, 4.69) is 21.9 Å². The number of amides is 1. The fraction of sp³-hybridized carbons (Fsp3) is 0. The third kappa shape index (κ3) is 4.99. The van der Waals surface area contributed by atoms with Gasteiger partial charge in [-0.25, -0.2) is 9.98 Å². The smallest absolute Gasteiger partial charge is 0.276 e. The molecule has 0 bridgehead atoms. The van der Waals surface area contributed by atoms with E-state index in [0.29, 0.717) is 5.13 Å². The van der Waals surface area contributed by atoms with Crippen molar-refractivity contribution in [1.82, 2.24) is 4.98 Å². The molecule has 17 heavy (non-hydrogen) atoms. The van der Waals surface area contributed by atoms with E-state index in [0.717, 1.165) is 0 Å². The van der Waals surface area contributed by atoms with Crippen molar-refractivity contribution < 1.29 is 4.79 Å². The Balaban J connectivity index is 2.88.